The maximum atomic E-state index is 3.93. The van der Waals surface area contributed by atoms with Crippen molar-refractivity contribution >= 4 is 21.6 Å². The molecule has 1 saturated heterocycles. The molecule has 0 unspecified atom stereocenters. The molecular formula is C9H17NS2. The van der Waals surface area contributed by atoms with Crippen LogP contribution in [0.25, 0.3) is 0 Å². The van der Waals surface area contributed by atoms with Gasteiger partial charge in [-0.15, -0.1) is 6.58 Å². The Labute approximate surface area is 83.4 Å². The minimum absolute atomic E-state index is 1.16. The quantitative estimate of drug-likeness (QED) is 0.513. The highest BCUT2D eigenvalue weighted by Crippen LogP contribution is 2.23. The topological polar surface area (TPSA) is 3.24 Å². The zero-order chi connectivity index (χ0) is 8.81. The van der Waals surface area contributed by atoms with Crippen molar-refractivity contribution in [2.75, 3.05) is 31.1 Å². The molecule has 0 aromatic carbocycles. The maximum absolute atomic E-state index is 3.93. The molecule has 0 aromatic rings. The number of hydrogen-bond acceptors (Lipinski definition) is 3. The van der Waals surface area contributed by atoms with Gasteiger partial charge in [-0.05, 0) is 13.3 Å². The van der Waals surface area contributed by atoms with E-state index in [2.05, 4.69) is 18.4 Å². The highest BCUT2D eigenvalue weighted by atomic mass is 33.1. The average molecular weight is 203 g/mol. The van der Waals surface area contributed by atoms with E-state index in [1.807, 2.05) is 21.6 Å². The second-order valence-electron chi connectivity index (χ2n) is 3.19. The van der Waals surface area contributed by atoms with E-state index in [1.54, 1.807) is 0 Å². The van der Waals surface area contributed by atoms with Crippen LogP contribution < -0.4 is 0 Å². The predicted octanol–water partition coefficient (Wildman–Crippen LogP) is 2.65. The lowest BCUT2D eigenvalue weighted by Crippen LogP contribution is -2.28. The summed E-state index contributed by atoms with van der Waals surface area (Å²) in [6.07, 6.45) is 1.16. The standard InChI is InChI=1S/C9H17NS2/c1-9(2)3-4-10-5-7-11-12-8-6-10/h1,3-8H2,2H3. The van der Waals surface area contributed by atoms with Crippen LogP contribution in [0.4, 0.5) is 0 Å². The van der Waals surface area contributed by atoms with Crippen molar-refractivity contribution in [2.24, 2.45) is 0 Å². The summed E-state index contributed by atoms with van der Waals surface area (Å²) < 4.78 is 0. The number of hydrogen-bond donors (Lipinski definition) is 0. The molecule has 0 amide bonds. The Morgan fingerprint density at radius 3 is 2.42 bits per heavy atom. The first-order valence-corrected chi connectivity index (χ1v) is 6.89. The minimum atomic E-state index is 1.16. The zero-order valence-corrected chi connectivity index (χ0v) is 9.35. The van der Waals surface area contributed by atoms with E-state index in [4.69, 9.17) is 0 Å². The van der Waals surface area contributed by atoms with Crippen molar-refractivity contribution in [3.8, 4) is 0 Å². The van der Waals surface area contributed by atoms with Gasteiger partial charge in [0.25, 0.3) is 0 Å². The third kappa shape index (κ3) is 4.43. The molecule has 12 heavy (non-hydrogen) atoms. The van der Waals surface area contributed by atoms with Crippen LogP contribution in [0.15, 0.2) is 12.2 Å². The summed E-state index contributed by atoms with van der Waals surface area (Å²) in [5.41, 5.74) is 1.31. The zero-order valence-electron chi connectivity index (χ0n) is 7.71. The molecule has 1 rings (SSSR count). The van der Waals surface area contributed by atoms with Crippen molar-refractivity contribution in [3.05, 3.63) is 12.2 Å². The van der Waals surface area contributed by atoms with Gasteiger partial charge in [-0.25, -0.2) is 0 Å². The van der Waals surface area contributed by atoms with Crippen molar-refractivity contribution in [1.29, 1.82) is 0 Å². The van der Waals surface area contributed by atoms with E-state index in [0.29, 0.717) is 0 Å². The van der Waals surface area contributed by atoms with Crippen LogP contribution in [0.1, 0.15) is 13.3 Å². The lowest BCUT2D eigenvalue weighted by Gasteiger charge is -2.18. The van der Waals surface area contributed by atoms with Gasteiger partial charge in [0.1, 0.15) is 0 Å². The van der Waals surface area contributed by atoms with Gasteiger partial charge in [0.05, 0.1) is 0 Å². The van der Waals surface area contributed by atoms with Crippen molar-refractivity contribution in [3.63, 3.8) is 0 Å². The molecule has 0 aliphatic carbocycles. The van der Waals surface area contributed by atoms with Crippen LogP contribution in [0, 0.1) is 0 Å². The van der Waals surface area contributed by atoms with Crippen LogP contribution in [0.5, 0.6) is 0 Å². The van der Waals surface area contributed by atoms with Gasteiger partial charge in [-0.1, -0.05) is 27.2 Å². The molecule has 0 N–H and O–H groups in total. The lowest BCUT2D eigenvalue weighted by molar-refractivity contribution is 0.314. The first kappa shape index (κ1) is 10.5. The molecule has 1 fully saturated rings. The largest absolute Gasteiger partial charge is 0.301 e. The van der Waals surface area contributed by atoms with E-state index < -0.39 is 0 Å². The van der Waals surface area contributed by atoms with Crippen LogP contribution in [-0.4, -0.2) is 36.0 Å². The summed E-state index contributed by atoms with van der Waals surface area (Å²) in [5.74, 6) is 2.56. The average Bonchev–Trinajstić information content (AvgIpc) is 2.28. The maximum Gasteiger partial charge on any atom is 0.0165 e. The Balaban J connectivity index is 2.16. The second kappa shape index (κ2) is 5.95. The summed E-state index contributed by atoms with van der Waals surface area (Å²) in [6, 6.07) is 0. The fraction of sp³-hybridized carbons (Fsp3) is 0.778. The van der Waals surface area contributed by atoms with E-state index in [0.717, 1.165) is 6.42 Å². The Kier molecular flexibility index (Phi) is 5.19. The molecule has 70 valence electrons. The van der Waals surface area contributed by atoms with Gasteiger partial charge in [0.2, 0.25) is 0 Å². The van der Waals surface area contributed by atoms with E-state index in [-0.39, 0.29) is 0 Å². The molecule has 1 aliphatic heterocycles. The smallest absolute Gasteiger partial charge is 0.0165 e. The molecule has 0 spiro atoms. The lowest BCUT2D eigenvalue weighted by atomic mass is 10.2. The third-order valence-corrected chi connectivity index (χ3v) is 4.28. The molecule has 1 heterocycles. The summed E-state index contributed by atoms with van der Waals surface area (Å²) in [6.45, 7) is 9.75. The molecule has 1 nitrogen and oxygen atoms in total. The molecule has 0 aromatic heterocycles. The SMILES string of the molecule is C=C(C)CCN1CCSSCC1. The Bertz CT molecular complexity index is 139. The summed E-state index contributed by atoms with van der Waals surface area (Å²) in [5, 5.41) is 0. The van der Waals surface area contributed by atoms with E-state index in [9.17, 15) is 0 Å². The molecule has 0 saturated carbocycles. The van der Waals surface area contributed by atoms with Crippen LogP contribution in [0.3, 0.4) is 0 Å². The Morgan fingerprint density at radius 2 is 1.92 bits per heavy atom. The highest BCUT2D eigenvalue weighted by molar-refractivity contribution is 8.76. The van der Waals surface area contributed by atoms with Gasteiger partial charge >= 0.3 is 0 Å². The molecule has 3 heteroatoms. The van der Waals surface area contributed by atoms with Crippen molar-refractivity contribution in [1.82, 2.24) is 4.90 Å². The second-order valence-corrected chi connectivity index (χ2v) is 5.89. The first-order chi connectivity index (χ1) is 5.79. The molecule has 0 radical (unpaired) electrons. The number of nitrogens with zero attached hydrogens (tertiary/aromatic N) is 1. The van der Waals surface area contributed by atoms with Gasteiger partial charge < -0.3 is 4.90 Å². The third-order valence-electron chi connectivity index (χ3n) is 1.92. The summed E-state index contributed by atoms with van der Waals surface area (Å²) in [7, 11) is 4.01. The predicted molar refractivity (Wildman–Crippen MR) is 60.8 cm³/mol. The minimum Gasteiger partial charge on any atom is -0.301 e. The monoisotopic (exact) mass is 203 g/mol. The Morgan fingerprint density at radius 1 is 1.33 bits per heavy atom. The van der Waals surface area contributed by atoms with Crippen LogP contribution in [-0.2, 0) is 0 Å². The summed E-state index contributed by atoms with van der Waals surface area (Å²) in [4.78, 5) is 2.54. The van der Waals surface area contributed by atoms with Crippen LogP contribution in [0.2, 0.25) is 0 Å². The van der Waals surface area contributed by atoms with Crippen molar-refractivity contribution < 1.29 is 0 Å². The van der Waals surface area contributed by atoms with E-state index in [1.165, 1.54) is 36.7 Å². The fourth-order valence-electron chi connectivity index (χ4n) is 1.13. The molecule has 0 bridgehead atoms. The first-order valence-electron chi connectivity index (χ1n) is 4.40. The van der Waals surface area contributed by atoms with E-state index >= 15 is 0 Å². The van der Waals surface area contributed by atoms with Gasteiger partial charge in [-0.2, -0.15) is 0 Å². The van der Waals surface area contributed by atoms with Gasteiger partial charge in [0.15, 0.2) is 0 Å². The van der Waals surface area contributed by atoms with Crippen molar-refractivity contribution in [2.45, 2.75) is 13.3 Å². The number of rotatable bonds is 3. The van der Waals surface area contributed by atoms with Gasteiger partial charge in [0, 0.05) is 31.1 Å². The summed E-state index contributed by atoms with van der Waals surface area (Å²) >= 11 is 0. The highest BCUT2D eigenvalue weighted by Gasteiger charge is 2.08. The molecular weight excluding hydrogens is 186 g/mol. The van der Waals surface area contributed by atoms with Gasteiger partial charge in [-0.3, -0.25) is 0 Å². The Hall–Kier alpha value is 0.400. The molecule has 0 atom stereocenters. The normalized spacial score (nSPS) is 20.4. The molecule has 1 aliphatic rings. The van der Waals surface area contributed by atoms with Crippen LogP contribution >= 0.6 is 21.6 Å². The fourth-order valence-corrected chi connectivity index (χ4v) is 3.19.